The zero-order valence-corrected chi connectivity index (χ0v) is 7.18. The monoisotopic (exact) mass is 207 g/mol. The predicted octanol–water partition coefficient (Wildman–Crippen LogP) is 2.37. The van der Waals surface area contributed by atoms with E-state index >= 15 is 0 Å². The van der Waals surface area contributed by atoms with Crippen molar-refractivity contribution in [3.8, 4) is 0 Å². The van der Waals surface area contributed by atoms with Crippen LogP contribution in [-0.4, -0.2) is 12.7 Å². The maximum Gasteiger partial charge on any atom is 0.428 e. The molecule has 0 aliphatic rings. The molecule has 1 atom stereocenters. The molecule has 0 heterocycles. The van der Waals surface area contributed by atoms with Crippen molar-refractivity contribution in [2.24, 2.45) is 5.73 Å². The number of hydrogen-bond donors (Lipinski definition) is 1. The van der Waals surface area contributed by atoms with Gasteiger partial charge in [0.2, 0.25) is 5.67 Å². The molecular weight excluding hydrogens is 198 g/mol. The summed E-state index contributed by atoms with van der Waals surface area (Å²) in [5.74, 6) is 0. The van der Waals surface area contributed by atoms with Gasteiger partial charge in [-0.2, -0.15) is 13.2 Å². The normalized spacial score (nSPS) is 16.4. The van der Waals surface area contributed by atoms with E-state index in [0.29, 0.717) is 0 Å². The van der Waals surface area contributed by atoms with Gasteiger partial charge >= 0.3 is 6.18 Å². The van der Waals surface area contributed by atoms with Crippen molar-refractivity contribution in [1.29, 1.82) is 0 Å². The van der Waals surface area contributed by atoms with Gasteiger partial charge in [-0.3, -0.25) is 0 Å². The Morgan fingerprint density at radius 1 is 1.00 bits per heavy atom. The van der Waals surface area contributed by atoms with Crippen molar-refractivity contribution in [2.45, 2.75) is 11.8 Å². The second kappa shape index (κ2) is 3.57. The van der Waals surface area contributed by atoms with E-state index in [2.05, 4.69) is 0 Å². The van der Waals surface area contributed by atoms with Crippen LogP contribution >= 0.6 is 0 Å². The maximum atomic E-state index is 13.5. The van der Waals surface area contributed by atoms with Crippen molar-refractivity contribution < 1.29 is 17.6 Å². The van der Waals surface area contributed by atoms with Crippen LogP contribution in [0, 0.1) is 0 Å². The minimum atomic E-state index is -4.98. The molecular formula is C9H9F4N. The third kappa shape index (κ3) is 1.72. The molecule has 0 fully saturated rings. The second-order valence-corrected chi connectivity index (χ2v) is 2.87. The molecule has 0 aliphatic carbocycles. The first-order valence-corrected chi connectivity index (χ1v) is 3.93. The fraction of sp³-hybridized carbons (Fsp3) is 0.333. The molecule has 0 radical (unpaired) electrons. The topological polar surface area (TPSA) is 26.0 Å². The predicted molar refractivity (Wildman–Crippen MR) is 44.3 cm³/mol. The van der Waals surface area contributed by atoms with Crippen LogP contribution in [0.15, 0.2) is 30.3 Å². The first-order chi connectivity index (χ1) is 6.42. The SMILES string of the molecule is NCC(F)(c1ccccc1)C(F)(F)F. The van der Waals surface area contributed by atoms with Crippen LogP contribution in [0.2, 0.25) is 0 Å². The summed E-state index contributed by atoms with van der Waals surface area (Å²) in [7, 11) is 0. The number of benzene rings is 1. The summed E-state index contributed by atoms with van der Waals surface area (Å²) in [6.07, 6.45) is -4.98. The fourth-order valence-corrected chi connectivity index (χ4v) is 1.10. The maximum absolute atomic E-state index is 13.5. The number of halogens is 4. The Kier molecular flexibility index (Phi) is 2.80. The van der Waals surface area contributed by atoms with Crippen LogP contribution in [0.4, 0.5) is 17.6 Å². The average molecular weight is 207 g/mol. The zero-order chi connectivity index (χ0) is 10.8. The minimum absolute atomic E-state index is 0.463. The van der Waals surface area contributed by atoms with Gasteiger partial charge in [0.15, 0.2) is 0 Å². The number of hydrogen-bond acceptors (Lipinski definition) is 1. The third-order valence-corrected chi connectivity index (χ3v) is 1.96. The molecule has 14 heavy (non-hydrogen) atoms. The Balaban J connectivity index is 3.15. The summed E-state index contributed by atoms with van der Waals surface area (Å²) in [5, 5.41) is 0. The Labute approximate surface area is 78.5 Å². The average Bonchev–Trinajstić information content (AvgIpc) is 2.16. The molecule has 1 rings (SSSR count). The van der Waals surface area contributed by atoms with E-state index in [0.717, 1.165) is 12.1 Å². The molecule has 0 aliphatic heterocycles. The van der Waals surface area contributed by atoms with Crippen molar-refractivity contribution in [3.63, 3.8) is 0 Å². The van der Waals surface area contributed by atoms with Crippen LogP contribution in [0.25, 0.3) is 0 Å². The van der Waals surface area contributed by atoms with E-state index in [4.69, 9.17) is 5.73 Å². The van der Waals surface area contributed by atoms with Gasteiger partial charge in [-0.15, -0.1) is 0 Å². The van der Waals surface area contributed by atoms with Gasteiger partial charge in [0.25, 0.3) is 0 Å². The smallest absolute Gasteiger partial charge is 0.327 e. The van der Waals surface area contributed by atoms with E-state index < -0.39 is 24.0 Å². The lowest BCUT2D eigenvalue weighted by molar-refractivity contribution is -0.231. The highest BCUT2D eigenvalue weighted by molar-refractivity contribution is 5.24. The molecule has 0 saturated carbocycles. The largest absolute Gasteiger partial charge is 0.428 e. The van der Waals surface area contributed by atoms with E-state index in [9.17, 15) is 17.6 Å². The highest BCUT2D eigenvalue weighted by Crippen LogP contribution is 2.41. The van der Waals surface area contributed by atoms with Crippen molar-refractivity contribution in [3.05, 3.63) is 35.9 Å². The zero-order valence-electron chi connectivity index (χ0n) is 7.18. The van der Waals surface area contributed by atoms with Crippen molar-refractivity contribution >= 4 is 0 Å². The van der Waals surface area contributed by atoms with Crippen LogP contribution < -0.4 is 5.73 Å². The molecule has 0 spiro atoms. The van der Waals surface area contributed by atoms with E-state index in [1.54, 1.807) is 0 Å². The van der Waals surface area contributed by atoms with E-state index in [1.165, 1.54) is 18.2 Å². The second-order valence-electron chi connectivity index (χ2n) is 2.87. The molecule has 1 nitrogen and oxygen atoms in total. The van der Waals surface area contributed by atoms with Crippen LogP contribution in [0.5, 0.6) is 0 Å². The van der Waals surface area contributed by atoms with E-state index in [1.807, 2.05) is 0 Å². The van der Waals surface area contributed by atoms with E-state index in [-0.39, 0.29) is 0 Å². The first kappa shape index (κ1) is 11.0. The lowest BCUT2D eigenvalue weighted by Gasteiger charge is -2.26. The number of nitrogens with two attached hydrogens (primary N) is 1. The van der Waals surface area contributed by atoms with Gasteiger partial charge in [0, 0.05) is 6.54 Å². The molecule has 0 amide bonds. The highest BCUT2D eigenvalue weighted by Gasteiger charge is 2.56. The fourth-order valence-electron chi connectivity index (χ4n) is 1.10. The standard InChI is InChI=1S/C9H9F4N/c10-8(6-14,9(11,12)13)7-4-2-1-3-5-7/h1-5H,6,14H2. The highest BCUT2D eigenvalue weighted by atomic mass is 19.4. The summed E-state index contributed by atoms with van der Waals surface area (Å²) < 4.78 is 50.5. The van der Waals surface area contributed by atoms with Gasteiger partial charge in [-0.25, -0.2) is 4.39 Å². The van der Waals surface area contributed by atoms with Crippen LogP contribution in [0.1, 0.15) is 5.56 Å². The quantitative estimate of drug-likeness (QED) is 0.740. The minimum Gasteiger partial charge on any atom is -0.327 e. The molecule has 1 unspecified atom stereocenters. The Morgan fingerprint density at radius 2 is 1.50 bits per heavy atom. The molecule has 5 heteroatoms. The Morgan fingerprint density at radius 3 is 1.86 bits per heavy atom. The molecule has 2 N–H and O–H groups in total. The van der Waals surface area contributed by atoms with Crippen molar-refractivity contribution in [1.82, 2.24) is 0 Å². The van der Waals surface area contributed by atoms with Gasteiger partial charge in [0.05, 0.1) is 0 Å². The van der Waals surface area contributed by atoms with Crippen LogP contribution in [-0.2, 0) is 5.67 Å². The van der Waals surface area contributed by atoms with Gasteiger partial charge < -0.3 is 5.73 Å². The molecule has 1 aromatic carbocycles. The lowest BCUT2D eigenvalue weighted by atomic mass is 9.95. The summed E-state index contributed by atoms with van der Waals surface area (Å²) in [6, 6.07) is 6.33. The lowest BCUT2D eigenvalue weighted by Crippen LogP contribution is -2.44. The van der Waals surface area contributed by atoms with Crippen molar-refractivity contribution in [2.75, 3.05) is 6.54 Å². The molecule has 0 saturated heterocycles. The number of alkyl halides is 4. The Hall–Kier alpha value is -1.10. The molecule has 0 bridgehead atoms. The summed E-state index contributed by atoms with van der Waals surface area (Å²) >= 11 is 0. The van der Waals surface area contributed by atoms with Gasteiger partial charge in [-0.05, 0) is 5.56 Å². The summed E-state index contributed by atoms with van der Waals surface area (Å²) in [4.78, 5) is 0. The van der Waals surface area contributed by atoms with Gasteiger partial charge in [-0.1, -0.05) is 30.3 Å². The third-order valence-electron chi connectivity index (χ3n) is 1.96. The summed E-state index contributed by atoms with van der Waals surface area (Å²) in [5.41, 5.74) is 0.917. The Bertz CT molecular complexity index is 295. The molecule has 78 valence electrons. The van der Waals surface area contributed by atoms with Crippen LogP contribution in [0.3, 0.4) is 0 Å². The van der Waals surface area contributed by atoms with Gasteiger partial charge in [0.1, 0.15) is 0 Å². The molecule has 0 aromatic heterocycles. The molecule has 1 aromatic rings. The summed E-state index contributed by atoms with van der Waals surface area (Å²) in [6.45, 7) is -1.11. The first-order valence-electron chi connectivity index (χ1n) is 3.93. The number of rotatable bonds is 2.